The summed E-state index contributed by atoms with van der Waals surface area (Å²) in [6.45, 7) is 3.71. The van der Waals surface area contributed by atoms with E-state index in [0.717, 1.165) is 6.07 Å². The Balaban J connectivity index is 1.55. The topological polar surface area (TPSA) is 139 Å². The molecule has 2 amide bonds. The highest BCUT2D eigenvalue weighted by atomic mass is 35.5. The molecule has 1 aromatic heterocycles. The van der Waals surface area contributed by atoms with E-state index in [1.807, 2.05) is 4.90 Å². The Morgan fingerprint density at radius 1 is 1.24 bits per heavy atom. The summed E-state index contributed by atoms with van der Waals surface area (Å²) in [4.78, 5) is 28.2. The molecule has 1 aliphatic heterocycles. The lowest BCUT2D eigenvalue weighted by Crippen LogP contribution is -2.50. The third-order valence-electron chi connectivity index (χ3n) is 4.42. The molecule has 0 atom stereocenters. The third kappa shape index (κ3) is 5.32. The number of sulfonamides is 1. The van der Waals surface area contributed by atoms with Crippen LogP contribution in [-0.4, -0.2) is 67.9 Å². The van der Waals surface area contributed by atoms with Crippen LogP contribution in [0.2, 0.25) is 5.02 Å². The van der Waals surface area contributed by atoms with Gasteiger partial charge < -0.3 is 14.7 Å². The maximum Gasteiger partial charge on any atom is 0.255 e. The third-order valence-corrected chi connectivity index (χ3v) is 5.65. The van der Waals surface area contributed by atoms with Crippen molar-refractivity contribution in [3.8, 4) is 0 Å². The summed E-state index contributed by atoms with van der Waals surface area (Å²) < 4.78 is 27.7. The Morgan fingerprint density at radius 3 is 2.48 bits per heavy atom. The highest BCUT2D eigenvalue weighted by molar-refractivity contribution is 7.89. The number of nitrogens with two attached hydrogens (primary N) is 1. The number of carbonyl (C=O) groups excluding carboxylic acids is 2. The summed E-state index contributed by atoms with van der Waals surface area (Å²) in [6, 6.07) is 5.39. The second-order valence-corrected chi connectivity index (χ2v) is 8.59. The quantitative estimate of drug-likeness (QED) is 0.695. The highest BCUT2D eigenvalue weighted by Crippen LogP contribution is 2.22. The van der Waals surface area contributed by atoms with E-state index < -0.39 is 10.0 Å². The van der Waals surface area contributed by atoms with Crippen molar-refractivity contribution in [1.29, 1.82) is 0 Å². The lowest BCUT2D eigenvalue weighted by atomic mass is 10.1. The normalized spacial score (nSPS) is 15.3. The molecule has 1 aromatic carbocycles. The van der Waals surface area contributed by atoms with Crippen LogP contribution in [0, 0.1) is 6.92 Å². The van der Waals surface area contributed by atoms with E-state index in [4.69, 9.17) is 21.3 Å². The average molecular weight is 442 g/mol. The molecule has 0 spiro atoms. The number of hydrogen-bond donors (Lipinski definition) is 2. The fraction of sp³-hybridized carbons (Fsp3) is 0.353. The predicted molar refractivity (Wildman–Crippen MR) is 105 cm³/mol. The minimum Gasteiger partial charge on any atom is -0.360 e. The van der Waals surface area contributed by atoms with Crippen molar-refractivity contribution in [2.75, 3.05) is 38.0 Å². The van der Waals surface area contributed by atoms with Crippen LogP contribution in [0.15, 0.2) is 33.7 Å². The van der Waals surface area contributed by atoms with E-state index in [2.05, 4.69) is 10.5 Å². The molecule has 1 saturated heterocycles. The monoisotopic (exact) mass is 441 g/mol. The van der Waals surface area contributed by atoms with E-state index in [1.54, 1.807) is 17.9 Å². The summed E-state index contributed by atoms with van der Waals surface area (Å²) in [7, 11) is -3.90. The number of aromatic nitrogens is 1. The molecular weight excluding hydrogens is 422 g/mol. The van der Waals surface area contributed by atoms with Crippen molar-refractivity contribution in [2.24, 2.45) is 5.14 Å². The molecule has 0 aliphatic carbocycles. The number of benzene rings is 1. The van der Waals surface area contributed by atoms with E-state index in [1.165, 1.54) is 12.1 Å². The molecule has 0 radical (unpaired) electrons. The van der Waals surface area contributed by atoms with Crippen LogP contribution in [0.4, 0.5) is 5.82 Å². The second kappa shape index (κ2) is 8.49. The van der Waals surface area contributed by atoms with Crippen molar-refractivity contribution in [1.82, 2.24) is 15.0 Å². The van der Waals surface area contributed by atoms with E-state index in [9.17, 15) is 18.0 Å². The van der Waals surface area contributed by atoms with Crippen molar-refractivity contribution in [3.05, 3.63) is 40.6 Å². The first-order chi connectivity index (χ1) is 13.6. The maximum absolute atomic E-state index is 12.7. The van der Waals surface area contributed by atoms with Crippen LogP contribution in [0.1, 0.15) is 16.1 Å². The molecule has 1 fully saturated rings. The number of nitrogens with zero attached hydrogens (tertiary/aromatic N) is 3. The first-order valence-corrected chi connectivity index (χ1v) is 10.6. The summed E-state index contributed by atoms with van der Waals surface area (Å²) >= 11 is 6.08. The van der Waals surface area contributed by atoms with Crippen molar-refractivity contribution in [2.45, 2.75) is 11.8 Å². The zero-order chi connectivity index (χ0) is 21.2. The van der Waals surface area contributed by atoms with Crippen LogP contribution in [0.3, 0.4) is 0 Å². The Morgan fingerprint density at radius 2 is 1.93 bits per heavy atom. The Hall–Kier alpha value is -2.47. The number of piperazine rings is 1. The molecule has 2 heterocycles. The van der Waals surface area contributed by atoms with Crippen LogP contribution in [0.5, 0.6) is 0 Å². The second-order valence-electron chi connectivity index (χ2n) is 6.63. The molecule has 1 aliphatic rings. The first-order valence-electron chi connectivity index (χ1n) is 8.70. The number of anilines is 1. The van der Waals surface area contributed by atoms with Gasteiger partial charge in [0, 0.05) is 32.2 Å². The van der Waals surface area contributed by atoms with Gasteiger partial charge in [-0.1, -0.05) is 16.8 Å². The Kier molecular flexibility index (Phi) is 6.22. The summed E-state index contributed by atoms with van der Waals surface area (Å²) in [5.41, 5.74) is 0.201. The van der Waals surface area contributed by atoms with Gasteiger partial charge in [-0.05, 0) is 25.1 Å². The minimum absolute atomic E-state index is 0.0197. The van der Waals surface area contributed by atoms with Crippen molar-refractivity contribution < 1.29 is 22.5 Å². The number of amides is 2. The summed E-state index contributed by atoms with van der Waals surface area (Å²) in [5.74, 6) is 0.430. The number of rotatable bonds is 5. The molecule has 10 nitrogen and oxygen atoms in total. The average Bonchev–Trinajstić information content (AvgIpc) is 3.05. The maximum atomic E-state index is 12.7. The summed E-state index contributed by atoms with van der Waals surface area (Å²) in [6.07, 6.45) is 0. The van der Waals surface area contributed by atoms with Crippen molar-refractivity contribution >= 4 is 39.3 Å². The minimum atomic E-state index is -3.90. The number of nitrogens with one attached hydrogen (secondary N) is 1. The molecule has 3 rings (SSSR count). The smallest absolute Gasteiger partial charge is 0.255 e. The van der Waals surface area contributed by atoms with Gasteiger partial charge in [0.05, 0.1) is 22.0 Å². The van der Waals surface area contributed by atoms with Gasteiger partial charge in [-0.3, -0.25) is 14.5 Å². The van der Waals surface area contributed by atoms with Gasteiger partial charge in [0.15, 0.2) is 5.82 Å². The molecule has 0 unspecified atom stereocenters. The SMILES string of the molecule is Cc1cc(NC(=O)CN2CCN(C(=O)c3ccc(S(N)(=O)=O)cc3Cl)CC2)no1. The molecule has 12 heteroatoms. The molecule has 156 valence electrons. The number of hydrogen-bond acceptors (Lipinski definition) is 7. The predicted octanol–water partition coefficient (Wildman–Crippen LogP) is 0.680. The molecule has 3 N–H and O–H groups in total. The van der Waals surface area contributed by atoms with Crippen molar-refractivity contribution in [3.63, 3.8) is 0 Å². The first kappa shape index (κ1) is 21.2. The molecule has 0 bridgehead atoms. The lowest BCUT2D eigenvalue weighted by Gasteiger charge is -2.34. The van der Waals surface area contributed by atoms with E-state index >= 15 is 0 Å². The fourth-order valence-corrected chi connectivity index (χ4v) is 3.80. The largest absolute Gasteiger partial charge is 0.360 e. The van der Waals surface area contributed by atoms with E-state index in [-0.39, 0.29) is 33.8 Å². The zero-order valence-corrected chi connectivity index (χ0v) is 17.2. The van der Waals surface area contributed by atoms with Gasteiger partial charge in [-0.25, -0.2) is 13.6 Å². The number of aryl methyl sites for hydroxylation is 1. The van der Waals surface area contributed by atoms with Crippen LogP contribution in [-0.2, 0) is 14.8 Å². The lowest BCUT2D eigenvalue weighted by molar-refractivity contribution is -0.117. The van der Waals surface area contributed by atoms with Crippen LogP contribution in [0.25, 0.3) is 0 Å². The number of primary sulfonamides is 1. The van der Waals surface area contributed by atoms with Gasteiger partial charge in [0.2, 0.25) is 15.9 Å². The fourth-order valence-electron chi connectivity index (χ4n) is 2.94. The molecular formula is C17H20ClN5O5S. The standard InChI is InChI=1S/C17H20ClN5O5S/c1-11-8-15(21-28-11)20-16(24)10-22-4-6-23(7-5-22)17(25)13-3-2-12(9-14(13)18)29(19,26)27/h2-3,8-9H,4-7,10H2,1H3,(H2,19,26,27)(H,20,21,24). The molecule has 29 heavy (non-hydrogen) atoms. The van der Waals surface area contributed by atoms with E-state index in [0.29, 0.717) is 37.8 Å². The number of halogens is 1. The van der Waals surface area contributed by atoms with Gasteiger partial charge in [-0.2, -0.15) is 0 Å². The Bertz CT molecular complexity index is 1030. The molecule has 2 aromatic rings. The van der Waals surface area contributed by atoms with Crippen LogP contribution < -0.4 is 10.5 Å². The van der Waals surface area contributed by atoms with Gasteiger partial charge >= 0.3 is 0 Å². The van der Waals surface area contributed by atoms with Gasteiger partial charge in [0.1, 0.15) is 5.76 Å². The van der Waals surface area contributed by atoms with Gasteiger partial charge in [0.25, 0.3) is 5.91 Å². The molecule has 0 saturated carbocycles. The zero-order valence-electron chi connectivity index (χ0n) is 15.6. The summed E-state index contributed by atoms with van der Waals surface area (Å²) in [5, 5.41) is 11.5. The van der Waals surface area contributed by atoms with Crippen LogP contribution >= 0.6 is 11.6 Å². The highest BCUT2D eigenvalue weighted by Gasteiger charge is 2.25. The van der Waals surface area contributed by atoms with Gasteiger partial charge in [-0.15, -0.1) is 0 Å². The number of carbonyl (C=O) groups is 2. The Labute approximate surface area is 172 Å².